The third-order valence-electron chi connectivity index (χ3n) is 1.68. The molecule has 15 heavy (non-hydrogen) atoms. The Morgan fingerprint density at radius 2 is 2.40 bits per heavy atom. The highest BCUT2D eigenvalue weighted by Gasteiger charge is 2.07. The van der Waals surface area contributed by atoms with Gasteiger partial charge < -0.3 is 10.1 Å². The summed E-state index contributed by atoms with van der Waals surface area (Å²) in [6.45, 7) is 0. The minimum Gasteiger partial charge on any atom is -0.495 e. The molecule has 1 N–H and O–H groups in total. The molecule has 0 aliphatic heterocycles. The van der Waals surface area contributed by atoms with Crippen LogP contribution in [0.15, 0.2) is 22.7 Å². The van der Waals surface area contributed by atoms with Gasteiger partial charge in [-0.05, 0) is 18.2 Å². The molecule has 0 saturated carbocycles. The number of carbonyl (C=O) groups is 1. The summed E-state index contributed by atoms with van der Waals surface area (Å²) in [7, 11) is 1.52. The second-order valence-electron chi connectivity index (χ2n) is 2.73. The molecule has 1 amide bonds. The molecule has 0 spiro atoms. The number of methoxy groups -OCH3 is 1. The Balaban J connectivity index is 2.85. The van der Waals surface area contributed by atoms with E-state index in [9.17, 15) is 4.79 Å². The largest absolute Gasteiger partial charge is 0.495 e. The van der Waals surface area contributed by atoms with Crippen molar-refractivity contribution in [3.8, 4) is 11.8 Å². The predicted molar refractivity (Wildman–Crippen MR) is 59.6 cm³/mol. The third-order valence-corrected chi connectivity index (χ3v) is 2.17. The molecule has 0 unspecified atom stereocenters. The highest BCUT2D eigenvalue weighted by Crippen LogP contribution is 2.27. The average Bonchev–Trinajstić information content (AvgIpc) is 2.21. The SMILES string of the molecule is COc1cc(Br)ccc1NC(=O)CC#N. The summed E-state index contributed by atoms with van der Waals surface area (Å²) in [6, 6.07) is 7.00. The topological polar surface area (TPSA) is 62.1 Å². The second-order valence-corrected chi connectivity index (χ2v) is 3.64. The number of hydrogen-bond donors (Lipinski definition) is 1. The first-order chi connectivity index (χ1) is 7.17. The molecular weight excluding hydrogens is 260 g/mol. The minimum atomic E-state index is -0.349. The van der Waals surface area contributed by atoms with Crippen molar-refractivity contribution in [2.24, 2.45) is 0 Å². The highest BCUT2D eigenvalue weighted by atomic mass is 79.9. The Kier molecular flexibility index (Phi) is 4.13. The lowest BCUT2D eigenvalue weighted by atomic mass is 10.3. The van der Waals surface area contributed by atoms with Gasteiger partial charge in [-0.3, -0.25) is 4.79 Å². The number of nitriles is 1. The van der Waals surface area contributed by atoms with Gasteiger partial charge in [-0.25, -0.2) is 0 Å². The summed E-state index contributed by atoms with van der Waals surface area (Å²) in [4.78, 5) is 11.2. The summed E-state index contributed by atoms with van der Waals surface area (Å²) in [5.41, 5.74) is 0.556. The van der Waals surface area contributed by atoms with E-state index in [1.54, 1.807) is 24.3 Å². The first-order valence-electron chi connectivity index (χ1n) is 4.17. The van der Waals surface area contributed by atoms with Crippen LogP contribution in [-0.2, 0) is 4.79 Å². The Morgan fingerprint density at radius 1 is 1.67 bits per heavy atom. The Hall–Kier alpha value is -1.54. The summed E-state index contributed by atoms with van der Waals surface area (Å²) in [6.07, 6.45) is -0.167. The van der Waals surface area contributed by atoms with Gasteiger partial charge in [0.2, 0.25) is 5.91 Å². The van der Waals surface area contributed by atoms with E-state index < -0.39 is 0 Å². The Bertz CT molecular complexity index is 412. The minimum absolute atomic E-state index is 0.167. The first-order valence-corrected chi connectivity index (χ1v) is 4.97. The Morgan fingerprint density at radius 3 is 3.00 bits per heavy atom. The van der Waals surface area contributed by atoms with Crippen LogP contribution in [0.5, 0.6) is 5.75 Å². The molecule has 78 valence electrons. The number of ether oxygens (including phenoxy) is 1. The van der Waals surface area contributed by atoms with Crippen LogP contribution in [0.2, 0.25) is 0 Å². The lowest BCUT2D eigenvalue weighted by Gasteiger charge is -2.09. The van der Waals surface area contributed by atoms with Crippen molar-refractivity contribution in [3.63, 3.8) is 0 Å². The van der Waals surface area contributed by atoms with Gasteiger partial charge in [-0.2, -0.15) is 5.26 Å². The smallest absolute Gasteiger partial charge is 0.238 e. The van der Waals surface area contributed by atoms with Crippen LogP contribution in [-0.4, -0.2) is 13.0 Å². The summed E-state index contributed by atoms with van der Waals surface area (Å²) < 4.78 is 5.94. The molecule has 1 rings (SSSR count). The van der Waals surface area contributed by atoms with E-state index in [0.29, 0.717) is 11.4 Å². The molecule has 0 bridgehead atoms. The number of nitrogens with one attached hydrogen (secondary N) is 1. The number of anilines is 1. The van der Waals surface area contributed by atoms with Crippen molar-refractivity contribution in [3.05, 3.63) is 22.7 Å². The zero-order chi connectivity index (χ0) is 11.3. The lowest BCUT2D eigenvalue weighted by molar-refractivity contribution is -0.115. The highest BCUT2D eigenvalue weighted by molar-refractivity contribution is 9.10. The monoisotopic (exact) mass is 268 g/mol. The zero-order valence-electron chi connectivity index (χ0n) is 8.08. The van der Waals surface area contributed by atoms with Crippen LogP contribution in [0.25, 0.3) is 0 Å². The van der Waals surface area contributed by atoms with E-state index in [4.69, 9.17) is 10.00 Å². The number of rotatable bonds is 3. The zero-order valence-corrected chi connectivity index (χ0v) is 9.67. The maximum Gasteiger partial charge on any atom is 0.238 e. The van der Waals surface area contributed by atoms with E-state index in [0.717, 1.165) is 4.47 Å². The van der Waals surface area contributed by atoms with Crippen LogP contribution in [0.4, 0.5) is 5.69 Å². The van der Waals surface area contributed by atoms with Crippen molar-refractivity contribution < 1.29 is 9.53 Å². The quantitative estimate of drug-likeness (QED) is 0.915. The van der Waals surface area contributed by atoms with Gasteiger partial charge in [-0.1, -0.05) is 15.9 Å². The van der Waals surface area contributed by atoms with E-state index in [-0.39, 0.29) is 12.3 Å². The number of carbonyl (C=O) groups excluding carboxylic acids is 1. The van der Waals surface area contributed by atoms with Gasteiger partial charge >= 0.3 is 0 Å². The summed E-state index contributed by atoms with van der Waals surface area (Å²) in [5.74, 6) is 0.203. The van der Waals surface area contributed by atoms with Gasteiger partial charge in [0.1, 0.15) is 12.2 Å². The van der Waals surface area contributed by atoms with Crippen molar-refractivity contribution in [1.82, 2.24) is 0 Å². The fraction of sp³-hybridized carbons (Fsp3) is 0.200. The van der Waals surface area contributed by atoms with E-state index in [1.807, 2.05) is 0 Å². The van der Waals surface area contributed by atoms with Crippen molar-refractivity contribution in [2.75, 3.05) is 12.4 Å². The first kappa shape index (κ1) is 11.5. The number of halogens is 1. The van der Waals surface area contributed by atoms with Gasteiger partial charge in [0, 0.05) is 4.47 Å². The van der Waals surface area contributed by atoms with E-state index >= 15 is 0 Å². The van der Waals surface area contributed by atoms with Gasteiger partial charge in [-0.15, -0.1) is 0 Å². The maximum absolute atomic E-state index is 11.2. The standard InChI is InChI=1S/C10H9BrN2O2/c1-15-9-6-7(11)2-3-8(9)13-10(14)4-5-12/h2-3,6H,4H2,1H3,(H,13,14). The molecule has 0 aliphatic carbocycles. The number of nitrogens with zero attached hydrogens (tertiary/aromatic N) is 1. The summed E-state index contributed by atoms with van der Waals surface area (Å²) >= 11 is 3.29. The van der Waals surface area contributed by atoms with E-state index in [1.165, 1.54) is 7.11 Å². The molecule has 5 heteroatoms. The summed E-state index contributed by atoms with van der Waals surface area (Å²) in [5, 5.41) is 10.9. The fourth-order valence-electron chi connectivity index (χ4n) is 1.03. The molecule has 0 fully saturated rings. The van der Waals surface area contributed by atoms with Gasteiger partial charge in [0.25, 0.3) is 0 Å². The molecule has 4 nitrogen and oxygen atoms in total. The molecule has 0 heterocycles. The normalized spacial score (nSPS) is 9.13. The average molecular weight is 269 g/mol. The van der Waals surface area contributed by atoms with Crippen LogP contribution in [0.1, 0.15) is 6.42 Å². The van der Waals surface area contributed by atoms with Crippen LogP contribution >= 0.6 is 15.9 Å². The van der Waals surface area contributed by atoms with E-state index in [2.05, 4.69) is 21.2 Å². The van der Waals surface area contributed by atoms with Crippen LogP contribution in [0, 0.1) is 11.3 Å². The number of hydrogen-bond acceptors (Lipinski definition) is 3. The second kappa shape index (κ2) is 5.37. The van der Waals surface area contributed by atoms with Gasteiger partial charge in [0.05, 0.1) is 18.9 Å². The molecule has 0 aromatic heterocycles. The number of benzene rings is 1. The van der Waals surface area contributed by atoms with Crippen LogP contribution in [0.3, 0.4) is 0 Å². The van der Waals surface area contributed by atoms with Crippen LogP contribution < -0.4 is 10.1 Å². The van der Waals surface area contributed by atoms with Crippen molar-refractivity contribution >= 4 is 27.5 Å². The third kappa shape index (κ3) is 3.26. The molecule has 0 saturated heterocycles. The molecule has 0 radical (unpaired) electrons. The fourth-order valence-corrected chi connectivity index (χ4v) is 1.37. The van der Waals surface area contributed by atoms with Gasteiger partial charge in [0.15, 0.2) is 0 Å². The predicted octanol–water partition coefficient (Wildman–Crippen LogP) is 2.31. The van der Waals surface area contributed by atoms with Crippen molar-refractivity contribution in [1.29, 1.82) is 5.26 Å². The molecule has 1 aromatic rings. The maximum atomic E-state index is 11.2. The molecule has 0 atom stereocenters. The molecule has 0 aliphatic rings. The molecule has 1 aromatic carbocycles. The number of amides is 1. The lowest BCUT2D eigenvalue weighted by Crippen LogP contribution is -2.10. The molecular formula is C10H9BrN2O2. The Labute approximate surface area is 96.0 Å². The van der Waals surface area contributed by atoms with Crippen molar-refractivity contribution in [2.45, 2.75) is 6.42 Å².